The highest BCUT2D eigenvalue weighted by molar-refractivity contribution is 5.44. The van der Waals surface area contributed by atoms with Crippen LogP contribution < -0.4 is 10.6 Å². The highest BCUT2D eigenvalue weighted by Crippen LogP contribution is 2.39. The van der Waals surface area contributed by atoms with E-state index in [0.29, 0.717) is 17.8 Å². The maximum absolute atomic E-state index is 9.55. The minimum Gasteiger partial charge on any atom is -0.394 e. The molecule has 1 aromatic rings. The van der Waals surface area contributed by atoms with Gasteiger partial charge in [-0.2, -0.15) is 4.98 Å². The van der Waals surface area contributed by atoms with E-state index in [1.165, 1.54) is 12.8 Å². The van der Waals surface area contributed by atoms with Gasteiger partial charge in [0.15, 0.2) is 0 Å². The molecule has 7 nitrogen and oxygen atoms in total. The number of morpholine rings is 1. The molecule has 0 unspecified atom stereocenters. The van der Waals surface area contributed by atoms with E-state index in [9.17, 15) is 5.11 Å². The second-order valence-electron chi connectivity index (χ2n) is 7.33. The van der Waals surface area contributed by atoms with Crippen molar-refractivity contribution in [3.8, 4) is 0 Å². The first-order valence-corrected chi connectivity index (χ1v) is 9.46. The molecule has 0 aromatic carbocycles. The van der Waals surface area contributed by atoms with E-state index in [-0.39, 0.29) is 12.6 Å². The SMILES string of the molecule is CC(C)[C@H](CO)Nc1nc(NCCN2CCOCC2)cc(C2CC2)n1. The highest BCUT2D eigenvalue weighted by Gasteiger charge is 2.26. The Hall–Kier alpha value is -1.44. The van der Waals surface area contributed by atoms with Crippen LogP contribution in [0.5, 0.6) is 0 Å². The lowest BCUT2D eigenvalue weighted by Gasteiger charge is -2.26. The molecule has 0 spiro atoms. The molecule has 2 heterocycles. The number of rotatable bonds is 9. The zero-order valence-electron chi connectivity index (χ0n) is 15.4. The summed E-state index contributed by atoms with van der Waals surface area (Å²) in [6.45, 7) is 9.73. The van der Waals surface area contributed by atoms with Crippen molar-refractivity contribution in [1.82, 2.24) is 14.9 Å². The molecular formula is C18H31N5O2. The van der Waals surface area contributed by atoms with Gasteiger partial charge in [-0.15, -0.1) is 0 Å². The predicted octanol–water partition coefficient (Wildman–Crippen LogP) is 1.53. The molecule has 1 aliphatic heterocycles. The van der Waals surface area contributed by atoms with Crippen molar-refractivity contribution in [2.24, 2.45) is 5.92 Å². The first-order chi connectivity index (χ1) is 12.2. The van der Waals surface area contributed by atoms with E-state index in [4.69, 9.17) is 4.74 Å². The van der Waals surface area contributed by atoms with Gasteiger partial charge in [-0.25, -0.2) is 4.98 Å². The predicted molar refractivity (Wildman–Crippen MR) is 99.1 cm³/mol. The fourth-order valence-corrected chi connectivity index (χ4v) is 2.97. The van der Waals surface area contributed by atoms with Crippen LogP contribution in [0.3, 0.4) is 0 Å². The van der Waals surface area contributed by atoms with Gasteiger partial charge in [0.05, 0.1) is 31.6 Å². The van der Waals surface area contributed by atoms with Crippen molar-refractivity contribution in [1.29, 1.82) is 0 Å². The smallest absolute Gasteiger partial charge is 0.225 e. The number of nitrogens with zero attached hydrogens (tertiary/aromatic N) is 3. The maximum Gasteiger partial charge on any atom is 0.225 e. The highest BCUT2D eigenvalue weighted by atomic mass is 16.5. The summed E-state index contributed by atoms with van der Waals surface area (Å²) in [6, 6.07) is 2.04. The summed E-state index contributed by atoms with van der Waals surface area (Å²) in [5.41, 5.74) is 1.10. The summed E-state index contributed by atoms with van der Waals surface area (Å²) in [5.74, 6) is 2.37. The van der Waals surface area contributed by atoms with Gasteiger partial charge >= 0.3 is 0 Å². The standard InChI is InChI=1S/C18H31N5O2/c1-13(2)16(12-24)21-18-20-15(14-3-4-14)11-17(22-18)19-5-6-23-7-9-25-10-8-23/h11,13-14,16,24H,3-10,12H2,1-2H3,(H2,19,20,21,22)/t16-/m0/s1. The van der Waals surface area contributed by atoms with Crippen molar-refractivity contribution in [3.63, 3.8) is 0 Å². The van der Waals surface area contributed by atoms with E-state index in [1.54, 1.807) is 0 Å². The van der Waals surface area contributed by atoms with E-state index in [0.717, 1.165) is 50.9 Å². The fraction of sp³-hybridized carbons (Fsp3) is 0.778. The van der Waals surface area contributed by atoms with Gasteiger partial charge in [0.25, 0.3) is 0 Å². The zero-order chi connectivity index (χ0) is 17.6. The van der Waals surface area contributed by atoms with Crippen LogP contribution >= 0.6 is 0 Å². The van der Waals surface area contributed by atoms with Crippen LogP contribution in [0.4, 0.5) is 11.8 Å². The number of nitrogens with one attached hydrogen (secondary N) is 2. The van der Waals surface area contributed by atoms with E-state index < -0.39 is 0 Å². The van der Waals surface area contributed by atoms with Gasteiger partial charge in [-0.05, 0) is 18.8 Å². The van der Waals surface area contributed by atoms with E-state index in [2.05, 4.69) is 45.4 Å². The van der Waals surface area contributed by atoms with E-state index in [1.807, 2.05) is 0 Å². The normalized spacial score (nSPS) is 19.8. The molecule has 2 aliphatic rings. The van der Waals surface area contributed by atoms with Crippen molar-refractivity contribution >= 4 is 11.8 Å². The average molecular weight is 349 g/mol. The van der Waals surface area contributed by atoms with Gasteiger partial charge in [0, 0.05) is 38.2 Å². The van der Waals surface area contributed by atoms with Gasteiger partial charge in [-0.1, -0.05) is 13.8 Å². The summed E-state index contributed by atoms with van der Waals surface area (Å²) in [5, 5.41) is 16.3. The molecular weight excluding hydrogens is 318 g/mol. The first-order valence-electron chi connectivity index (χ1n) is 9.46. The average Bonchev–Trinajstić information content (AvgIpc) is 3.45. The summed E-state index contributed by atoms with van der Waals surface area (Å²) in [6.07, 6.45) is 2.41. The molecule has 25 heavy (non-hydrogen) atoms. The Labute approximate surface area is 150 Å². The van der Waals surface area contributed by atoms with Gasteiger partial charge < -0.3 is 20.5 Å². The minimum atomic E-state index is -0.0318. The molecule has 1 atom stereocenters. The Kier molecular flexibility index (Phi) is 6.45. The Balaban J connectivity index is 1.61. The van der Waals surface area contributed by atoms with Gasteiger partial charge in [-0.3, -0.25) is 4.90 Å². The maximum atomic E-state index is 9.55. The third-order valence-electron chi connectivity index (χ3n) is 4.90. The molecule has 7 heteroatoms. The van der Waals surface area contributed by atoms with Crippen molar-refractivity contribution in [2.45, 2.75) is 38.6 Å². The van der Waals surface area contributed by atoms with Gasteiger partial charge in [0.1, 0.15) is 5.82 Å². The first kappa shape index (κ1) is 18.4. The molecule has 140 valence electrons. The number of aromatic nitrogens is 2. The molecule has 3 rings (SSSR count). The van der Waals surface area contributed by atoms with E-state index >= 15 is 0 Å². The number of aliphatic hydroxyl groups is 1. The van der Waals surface area contributed by atoms with Crippen molar-refractivity contribution < 1.29 is 9.84 Å². The monoisotopic (exact) mass is 349 g/mol. The minimum absolute atomic E-state index is 0.0318. The zero-order valence-corrected chi connectivity index (χ0v) is 15.4. The molecule has 1 saturated heterocycles. The lowest BCUT2D eigenvalue weighted by molar-refractivity contribution is 0.0398. The Morgan fingerprint density at radius 1 is 1.28 bits per heavy atom. The Bertz CT molecular complexity index is 544. The van der Waals surface area contributed by atoms with Crippen LogP contribution in [-0.4, -0.2) is 72.0 Å². The molecule has 0 bridgehead atoms. The van der Waals surface area contributed by atoms with Crippen molar-refractivity contribution in [3.05, 3.63) is 11.8 Å². The summed E-state index contributed by atoms with van der Waals surface area (Å²) in [4.78, 5) is 11.7. The third kappa shape index (κ3) is 5.52. The van der Waals surface area contributed by atoms with Gasteiger partial charge in [0.2, 0.25) is 5.95 Å². The topological polar surface area (TPSA) is 82.5 Å². The lowest BCUT2D eigenvalue weighted by Crippen LogP contribution is -2.39. The van der Waals surface area contributed by atoms with Crippen LogP contribution in [-0.2, 0) is 4.74 Å². The van der Waals surface area contributed by atoms with Crippen LogP contribution in [0.1, 0.15) is 38.3 Å². The number of anilines is 2. The largest absolute Gasteiger partial charge is 0.394 e. The lowest BCUT2D eigenvalue weighted by atomic mass is 10.1. The molecule has 2 fully saturated rings. The summed E-state index contributed by atoms with van der Waals surface area (Å²) >= 11 is 0. The van der Waals surface area contributed by atoms with Crippen LogP contribution in [0.25, 0.3) is 0 Å². The number of hydrogen-bond acceptors (Lipinski definition) is 7. The Morgan fingerprint density at radius 3 is 2.68 bits per heavy atom. The molecule has 0 amide bonds. The third-order valence-corrected chi connectivity index (χ3v) is 4.90. The number of hydrogen-bond donors (Lipinski definition) is 3. The second kappa shape index (κ2) is 8.78. The van der Waals surface area contributed by atoms with Crippen LogP contribution in [0.2, 0.25) is 0 Å². The molecule has 3 N–H and O–H groups in total. The Morgan fingerprint density at radius 2 is 2.04 bits per heavy atom. The summed E-state index contributed by atoms with van der Waals surface area (Å²) in [7, 11) is 0. The summed E-state index contributed by atoms with van der Waals surface area (Å²) < 4.78 is 5.38. The van der Waals surface area contributed by atoms with Crippen LogP contribution in [0.15, 0.2) is 6.07 Å². The quantitative estimate of drug-likeness (QED) is 0.623. The molecule has 1 aromatic heterocycles. The number of aliphatic hydroxyl groups excluding tert-OH is 1. The molecule has 0 radical (unpaired) electrons. The number of ether oxygens (including phenoxy) is 1. The van der Waals surface area contributed by atoms with Crippen LogP contribution in [0, 0.1) is 5.92 Å². The van der Waals surface area contributed by atoms with Crippen molar-refractivity contribution in [2.75, 3.05) is 56.6 Å². The second-order valence-corrected chi connectivity index (χ2v) is 7.33. The molecule has 1 saturated carbocycles. The molecule has 1 aliphatic carbocycles. The fourth-order valence-electron chi connectivity index (χ4n) is 2.97.